The van der Waals surface area contributed by atoms with Crippen LogP contribution < -0.4 is 0 Å². The van der Waals surface area contributed by atoms with Gasteiger partial charge in [-0.2, -0.15) is 5.10 Å². The number of likely N-dealkylation sites (tertiary alicyclic amines) is 1. The third kappa shape index (κ3) is 2.19. The highest BCUT2D eigenvalue weighted by atomic mass is 19.1. The van der Waals surface area contributed by atoms with Crippen molar-refractivity contribution in [2.24, 2.45) is 7.05 Å². The average Bonchev–Trinajstić information content (AvgIpc) is 3.06. The maximum Gasteiger partial charge on any atom is 0.272 e. The number of amides is 1. The van der Waals surface area contributed by atoms with E-state index in [1.54, 1.807) is 30.1 Å². The van der Waals surface area contributed by atoms with Gasteiger partial charge in [0.2, 0.25) is 0 Å². The maximum absolute atomic E-state index is 13.4. The van der Waals surface area contributed by atoms with Crippen LogP contribution in [0.1, 0.15) is 34.9 Å². The number of hydrogen-bond donors (Lipinski definition) is 0. The fourth-order valence-corrected chi connectivity index (χ4v) is 2.80. The van der Waals surface area contributed by atoms with Crippen molar-refractivity contribution < 1.29 is 9.18 Å². The standard InChI is InChI=1S/C15H16FN3O/c1-18-14(7-8-17-18)15(20)19-9-3-6-13(19)11-4-2-5-12(16)10-11/h2,4-5,7-8,10,13H,3,6,9H2,1H3. The van der Waals surface area contributed by atoms with E-state index < -0.39 is 0 Å². The van der Waals surface area contributed by atoms with E-state index in [0.29, 0.717) is 12.2 Å². The summed E-state index contributed by atoms with van der Waals surface area (Å²) in [6, 6.07) is 8.17. The third-order valence-corrected chi connectivity index (χ3v) is 3.79. The number of aromatic nitrogens is 2. The molecular formula is C15H16FN3O. The van der Waals surface area contributed by atoms with E-state index in [4.69, 9.17) is 0 Å². The summed E-state index contributed by atoms with van der Waals surface area (Å²) in [5.41, 5.74) is 1.42. The minimum Gasteiger partial charge on any atom is -0.330 e. The van der Waals surface area contributed by atoms with Crippen molar-refractivity contribution in [1.82, 2.24) is 14.7 Å². The van der Waals surface area contributed by atoms with Crippen molar-refractivity contribution in [1.29, 1.82) is 0 Å². The van der Waals surface area contributed by atoms with Crippen LogP contribution in [0.15, 0.2) is 36.5 Å². The van der Waals surface area contributed by atoms with Crippen LogP contribution in [-0.2, 0) is 7.05 Å². The molecule has 0 aliphatic carbocycles. The molecule has 4 nitrogen and oxygen atoms in total. The van der Waals surface area contributed by atoms with E-state index in [1.807, 2.05) is 11.0 Å². The second kappa shape index (κ2) is 5.07. The summed E-state index contributed by atoms with van der Waals surface area (Å²) in [5, 5.41) is 4.03. The van der Waals surface area contributed by atoms with Crippen molar-refractivity contribution in [2.45, 2.75) is 18.9 Å². The molecule has 2 aromatic rings. The largest absolute Gasteiger partial charge is 0.330 e. The van der Waals surface area contributed by atoms with Gasteiger partial charge in [0.05, 0.1) is 6.04 Å². The van der Waals surface area contributed by atoms with Gasteiger partial charge in [-0.05, 0) is 36.6 Å². The summed E-state index contributed by atoms with van der Waals surface area (Å²) in [7, 11) is 1.75. The summed E-state index contributed by atoms with van der Waals surface area (Å²) in [6.07, 6.45) is 3.41. The van der Waals surface area contributed by atoms with Crippen LogP contribution in [0.2, 0.25) is 0 Å². The molecule has 0 bridgehead atoms. The second-order valence-electron chi connectivity index (χ2n) is 5.05. The molecular weight excluding hydrogens is 257 g/mol. The van der Waals surface area contributed by atoms with Gasteiger partial charge in [-0.15, -0.1) is 0 Å². The highest BCUT2D eigenvalue weighted by Crippen LogP contribution is 2.33. The van der Waals surface area contributed by atoms with Crippen LogP contribution in [0.4, 0.5) is 4.39 Å². The Bertz CT molecular complexity index is 638. The molecule has 0 saturated carbocycles. The van der Waals surface area contributed by atoms with E-state index in [2.05, 4.69) is 5.10 Å². The topological polar surface area (TPSA) is 38.1 Å². The summed E-state index contributed by atoms with van der Waals surface area (Å²) >= 11 is 0. The molecule has 1 aromatic heterocycles. The molecule has 1 aliphatic heterocycles. The molecule has 2 heterocycles. The molecule has 1 unspecified atom stereocenters. The predicted molar refractivity (Wildman–Crippen MR) is 72.6 cm³/mol. The Morgan fingerprint density at radius 2 is 2.25 bits per heavy atom. The molecule has 3 rings (SSSR count). The van der Waals surface area contributed by atoms with Crippen LogP contribution in [0.5, 0.6) is 0 Å². The highest BCUT2D eigenvalue weighted by Gasteiger charge is 2.31. The van der Waals surface area contributed by atoms with E-state index in [-0.39, 0.29) is 17.8 Å². The Morgan fingerprint density at radius 1 is 1.40 bits per heavy atom. The molecule has 0 radical (unpaired) electrons. The fourth-order valence-electron chi connectivity index (χ4n) is 2.80. The molecule has 1 aliphatic rings. The Kier molecular flexibility index (Phi) is 3.26. The Hall–Kier alpha value is -2.17. The first-order chi connectivity index (χ1) is 9.66. The zero-order chi connectivity index (χ0) is 14.1. The van der Waals surface area contributed by atoms with Gasteiger partial charge in [0, 0.05) is 19.8 Å². The number of nitrogens with zero attached hydrogens (tertiary/aromatic N) is 3. The van der Waals surface area contributed by atoms with Gasteiger partial charge in [0.25, 0.3) is 5.91 Å². The molecule has 1 atom stereocenters. The Morgan fingerprint density at radius 3 is 2.95 bits per heavy atom. The van der Waals surface area contributed by atoms with Gasteiger partial charge in [-0.1, -0.05) is 12.1 Å². The third-order valence-electron chi connectivity index (χ3n) is 3.79. The van der Waals surface area contributed by atoms with Crippen molar-refractivity contribution in [3.8, 4) is 0 Å². The van der Waals surface area contributed by atoms with E-state index >= 15 is 0 Å². The smallest absolute Gasteiger partial charge is 0.272 e. The Labute approximate surface area is 116 Å². The lowest BCUT2D eigenvalue weighted by atomic mass is 10.0. The molecule has 1 saturated heterocycles. The number of halogens is 1. The quantitative estimate of drug-likeness (QED) is 0.843. The van der Waals surface area contributed by atoms with Crippen LogP contribution >= 0.6 is 0 Å². The van der Waals surface area contributed by atoms with Crippen molar-refractivity contribution >= 4 is 5.91 Å². The zero-order valence-electron chi connectivity index (χ0n) is 11.3. The van der Waals surface area contributed by atoms with Crippen molar-refractivity contribution in [2.75, 3.05) is 6.54 Å². The minimum atomic E-state index is -0.262. The first kappa shape index (κ1) is 12.8. The first-order valence-electron chi connectivity index (χ1n) is 6.71. The average molecular weight is 273 g/mol. The van der Waals surface area contributed by atoms with Crippen molar-refractivity contribution in [3.63, 3.8) is 0 Å². The van der Waals surface area contributed by atoms with Gasteiger partial charge < -0.3 is 4.90 Å². The lowest BCUT2D eigenvalue weighted by molar-refractivity contribution is 0.0724. The zero-order valence-corrected chi connectivity index (χ0v) is 11.3. The maximum atomic E-state index is 13.4. The molecule has 5 heteroatoms. The molecule has 0 spiro atoms. The van der Waals surface area contributed by atoms with Gasteiger partial charge in [0.1, 0.15) is 11.5 Å². The lowest BCUT2D eigenvalue weighted by Crippen LogP contribution is -2.32. The normalized spacial score (nSPS) is 18.5. The summed E-state index contributed by atoms with van der Waals surface area (Å²) < 4.78 is 14.9. The van der Waals surface area contributed by atoms with Crippen molar-refractivity contribution in [3.05, 3.63) is 53.6 Å². The monoisotopic (exact) mass is 273 g/mol. The van der Waals surface area contributed by atoms with Crippen LogP contribution in [0, 0.1) is 5.82 Å². The summed E-state index contributed by atoms with van der Waals surface area (Å²) in [5.74, 6) is -0.306. The Balaban J connectivity index is 1.90. The van der Waals surface area contributed by atoms with Gasteiger partial charge >= 0.3 is 0 Å². The SMILES string of the molecule is Cn1nccc1C(=O)N1CCCC1c1cccc(F)c1. The molecule has 1 fully saturated rings. The molecule has 0 N–H and O–H groups in total. The molecule has 104 valence electrons. The summed E-state index contributed by atoms with van der Waals surface area (Å²) in [4.78, 5) is 14.4. The number of rotatable bonds is 2. The minimum absolute atomic E-state index is 0.0447. The van der Waals surface area contributed by atoms with Crippen LogP contribution in [0.3, 0.4) is 0 Å². The van der Waals surface area contributed by atoms with E-state index in [0.717, 1.165) is 18.4 Å². The summed E-state index contributed by atoms with van der Waals surface area (Å²) in [6.45, 7) is 0.700. The number of aryl methyl sites for hydroxylation is 1. The first-order valence-corrected chi connectivity index (χ1v) is 6.71. The predicted octanol–water partition coefficient (Wildman–Crippen LogP) is 2.54. The number of carbonyl (C=O) groups is 1. The van der Waals surface area contributed by atoms with Gasteiger partial charge in [-0.3, -0.25) is 9.48 Å². The second-order valence-corrected chi connectivity index (χ2v) is 5.05. The molecule has 20 heavy (non-hydrogen) atoms. The molecule has 1 aromatic carbocycles. The van der Waals surface area contributed by atoms with E-state index in [1.165, 1.54) is 12.1 Å². The highest BCUT2D eigenvalue weighted by molar-refractivity contribution is 5.93. The van der Waals surface area contributed by atoms with Crippen LogP contribution in [0.25, 0.3) is 0 Å². The van der Waals surface area contributed by atoms with E-state index in [9.17, 15) is 9.18 Å². The molecule has 1 amide bonds. The number of carbonyl (C=O) groups excluding carboxylic acids is 1. The van der Waals surface area contributed by atoms with Gasteiger partial charge in [0.15, 0.2) is 0 Å². The number of benzene rings is 1. The lowest BCUT2D eigenvalue weighted by Gasteiger charge is -2.25. The number of hydrogen-bond acceptors (Lipinski definition) is 2. The van der Waals surface area contributed by atoms with Crippen LogP contribution in [-0.4, -0.2) is 27.1 Å². The fraction of sp³-hybridized carbons (Fsp3) is 0.333. The van der Waals surface area contributed by atoms with Gasteiger partial charge in [-0.25, -0.2) is 4.39 Å².